The number of rotatable bonds is 1. The van der Waals surface area contributed by atoms with Crippen LogP contribution in [-0.2, 0) is 0 Å². The Kier molecular flexibility index (Phi) is 2.29. The Labute approximate surface area is 90.5 Å². The van der Waals surface area contributed by atoms with E-state index in [0.29, 0.717) is 5.95 Å². The molecule has 0 saturated carbocycles. The summed E-state index contributed by atoms with van der Waals surface area (Å²) in [5.74, 6) is 0.444. The summed E-state index contributed by atoms with van der Waals surface area (Å²) in [7, 11) is 0. The van der Waals surface area contributed by atoms with E-state index in [0.717, 1.165) is 15.7 Å². The zero-order valence-corrected chi connectivity index (χ0v) is 9.30. The molecule has 1 heterocycles. The quantitative estimate of drug-likeness (QED) is 0.819. The molecule has 2 rings (SSSR count). The van der Waals surface area contributed by atoms with Crippen LogP contribution in [0.4, 0.5) is 5.95 Å². The first-order valence-electron chi connectivity index (χ1n) is 4.24. The first kappa shape index (κ1) is 9.27. The normalized spacial score (nSPS) is 10.4. The summed E-state index contributed by atoms with van der Waals surface area (Å²) in [6.45, 7) is 2.05. The number of nitrogens with zero attached hydrogens (tertiary/aromatic N) is 1. The van der Waals surface area contributed by atoms with Crippen LogP contribution in [0.1, 0.15) is 5.56 Å². The molecule has 72 valence electrons. The summed E-state index contributed by atoms with van der Waals surface area (Å²) in [5.41, 5.74) is 8.78. The van der Waals surface area contributed by atoms with E-state index in [1.54, 1.807) is 6.20 Å². The van der Waals surface area contributed by atoms with Crippen LogP contribution in [0.5, 0.6) is 0 Å². The predicted octanol–water partition coefficient (Wildman–Crippen LogP) is 2.73. The number of nitrogen functional groups attached to an aromatic ring is 1. The van der Waals surface area contributed by atoms with E-state index in [1.807, 2.05) is 12.1 Å². The smallest absolute Gasteiger partial charge is 0.197 e. The topological polar surface area (TPSA) is 54.7 Å². The second kappa shape index (κ2) is 3.46. The number of aromatic amines is 1. The summed E-state index contributed by atoms with van der Waals surface area (Å²) in [4.78, 5) is 6.98. The molecular formula is C10H10BrN3. The third-order valence-electron chi connectivity index (χ3n) is 2.09. The van der Waals surface area contributed by atoms with Gasteiger partial charge in [0.1, 0.15) is 0 Å². The molecule has 0 aliphatic rings. The summed E-state index contributed by atoms with van der Waals surface area (Å²) >= 11 is 3.43. The lowest BCUT2D eigenvalue weighted by Gasteiger charge is -2.03. The van der Waals surface area contributed by atoms with Crippen molar-refractivity contribution in [3.05, 3.63) is 34.4 Å². The lowest BCUT2D eigenvalue weighted by molar-refractivity contribution is 1.32. The number of nitrogens with two attached hydrogens (primary N) is 1. The molecule has 14 heavy (non-hydrogen) atoms. The lowest BCUT2D eigenvalue weighted by Crippen LogP contribution is -1.87. The molecule has 2 aromatic rings. The van der Waals surface area contributed by atoms with Gasteiger partial charge in [0.2, 0.25) is 0 Å². The Morgan fingerprint density at radius 2 is 2.21 bits per heavy atom. The predicted molar refractivity (Wildman–Crippen MR) is 60.9 cm³/mol. The van der Waals surface area contributed by atoms with Crippen LogP contribution >= 0.6 is 15.9 Å². The SMILES string of the molecule is Cc1ccc(Br)cc1-c1cnc(N)[nH]1. The number of hydrogen-bond acceptors (Lipinski definition) is 2. The fourth-order valence-corrected chi connectivity index (χ4v) is 1.72. The second-order valence-corrected chi connectivity index (χ2v) is 4.06. The van der Waals surface area contributed by atoms with Crippen molar-refractivity contribution in [2.45, 2.75) is 6.92 Å². The maximum atomic E-state index is 5.53. The molecule has 0 bridgehead atoms. The van der Waals surface area contributed by atoms with Crippen molar-refractivity contribution in [2.75, 3.05) is 5.73 Å². The highest BCUT2D eigenvalue weighted by atomic mass is 79.9. The van der Waals surface area contributed by atoms with Gasteiger partial charge in [0.05, 0.1) is 11.9 Å². The minimum atomic E-state index is 0.444. The van der Waals surface area contributed by atoms with Gasteiger partial charge in [0.15, 0.2) is 5.95 Å². The third-order valence-corrected chi connectivity index (χ3v) is 2.58. The largest absolute Gasteiger partial charge is 0.369 e. The Bertz CT molecular complexity index is 462. The maximum absolute atomic E-state index is 5.53. The van der Waals surface area contributed by atoms with Gasteiger partial charge < -0.3 is 10.7 Å². The molecule has 3 N–H and O–H groups in total. The zero-order chi connectivity index (χ0) is 10.1. The third kappa shape index (κ3) is 1.65. The highest BCUT2D eigenvalue weighted by Gasteiger charge is 2.04. The molecule has 0 saturated heterocycles. The molecule has 0 amide bonds. The standard InChI is InChI=1S/C10H10BrN3/c1-6-2-3-7(11)4-8(6)9-5-13-10(12)14-9/h2-5H,1H3,(H3,12,13,14). The van der Waals surface area contributed by atoms with E-state index >= 15 is 0 Å². The highest BCUT2D eigenvalue weighted by molar-refractivity contribution is 9.10. The minimum Gasteiger partial charge on any atom is -0.369 e. The molecule has 1 aromatic heterocycles. The van der Waals surface area contributed by atoms with Gasteiger partial charge in [-0.3, -0.25) is 0 Å². The van der Waals surface area contributed by atoms with Gasteiger partial charge in [-0.25, -0.2) is 4.98 Å². The van der Waals surface area contributed by atoms with Crippen LogP contribution in [0.2, 0.25) is 0 Å². The number of halogens is 1. The molecule has 0 fully saturated rings. The first-order chi connectivity index (χ1) is 6.66. The number of imidazole rings is 1. The van der Waals surface area contributed by atoms with Gasteiger partial charge >= 0.3 is 0 Å². The van der Waals surface area contributed by atoms with Gasteiger partial charge in [-0.1, -0.05) is 22.0 Å². The Balaban J connectivity index is 2.55. The number of hydrogen-bond donors (Lipinski definition) is 2. The molecule has 0 unspecified atom stereocenters. The number of aryl methyl sites for hydroxylation is 1. The van der Waals surface area contributed by atoms with Gasteiger partial charge in [-0.15, -0.1) is 0 Å². The Hall–Kier alpha value is -1.29. The molecule has 4 heteroatoms. The Morgan fingerprint density at radius 3 is 2.86 bits per heavy atom. The minimum absolute atomic E-state index is 0.444. The fraction of sp³-hybridized carbons (Fsp3) is 0.100. The number of benzene rings is 1. The first-order valence-corrected chi connectivity index (χ1v) is 5.03. The molecule has 0 atom stereocenters. The van der Waals surface area contributed by atoms with Crippen LogP contribution in [0.15, 0.2) is 28.9 Å². The van der Waals surface area contributed by atoms with Crippen molar-refractivity contribution in [2.24, 2.45) is 0 Å². The van der Waals surface area contributed by atoms with Crippen LogP contribution in [0.25, 0.3) is 11.3 Å². The second-order valence-electron chi connectivity index (χ2n) is 3.14. The van der Waals surface area contributed by atoms with E-state index in [1.165, 1.54) is 5.56 Å². The van der Waals surface area contributed by atoms with Crippen LogP contribution in [0.3, 0.4) is 0 Å². The lowest BCUT2D eigenvalue weighted by atomic mass is 10.1. The van der Waals surface area contributed by atoms with Crippen molar-refractivity contribution in [1.29, 1.82) is 0 Å². The number of anilines is 1. The molecule has 3 nitrogen and oxygen atoms in total. The van der Waals surface area contributed by atoms with Crippen molar-refractivity contribution >= 4 is 21.9 Å². The zero-order valence-electron chi connectivity index (χ0n) is 7.71. The van der Waals surface area contributed by atoms with E-state index < -0.39 is 0 Å². The van der Waals surface area contributed by atoms with E-state index in [2.05, 4.69) is 38.9 Å². The monoisotopic (exact) mass is 251 g/mol. The fourth-order valence-electron chi connectivity index (χ4n) is 1.36. The van der Waals surface area contributed by atoms with Crippen molar-refractivity contribution < 1.29 is 0 Å². The van der Waals surface area contributed by atoms with Crippen molar-refractivity contribution in [3.63, 3.8) is 0 Å². The van der Waals surface area contributed by atoms with Crippen LogP contribution in [0, 0.1) is 6.92 Å². The Morgan fingerprint density at radius 1 is 1.43 bits per heavy atom. The average Bonchev–Trinajstić information content (AvgIpc) is 2.56. The maximum Gasteiger partial charge on any atom is 0.197 e. The van der Waals surface area contributed by atoms with Crippen LogP contribution < -0.4 is 5.73 Å². The van der Waals surface area contributed by atoms with Gasteiger partial charge in [0, 0.05) is 10.0 Å². The van der Waals surface area contributed by atoms with Gasteiger partial charge in [-0.2, -0.15) is 0 Å². The number of nitrogens with one attached hydrogen (secondary N) is 1. The average molecular weight is 252 g/mol. The summed E-state index contributed by atoms with van der Waals surface area (Å²) in [6, 6.07) is 6.11. The van der Waals surface area contributed by atoms with Gasteiger partial charge in [-0.05, 0) is 24.6 Å². The number of H-pyrrole nitrogens is 1. The van der Waals surface area contributed by atoms with Crippen LogP contribution in [-0.4, -0.2) is 9.97 Å². The molecule has 0 aliphatic heterocycles. The summed E-state index contributed by atoms with van der Waals surface area (Å²) < 4.78 is 1.05. The molecule has 0 aliphatic carbocycles. The summed E-state index contributed by atoms with van der Waals surface area (Å²) in [5, 5.41) is 0. The van der Waals surface area contributed by atoms with Gasteiger partial charge in [0.25, 0.3) is 0 Å². The molecule has 0 radical (unpaired) electrons. The van der Waals surface area contributed by atoms with E-state index in [-0.39, 0.29) is 0 Å². The molecule has 1 aromatic carbocycles. The summed E-state index contributed by atoms with van der Waals surface area (Å²) in [6.07, 6.45) is 1.74. The van der Waals surface area contributed by atoms with Crippen molar-refractivity contribution in [3.8, 4) is 11.3 Å². The number of aromatic nitrogens is 2. The van der Waals surface area contributed by atoms with E-state index in [9.17, 15) is 0 Å². The molecule has 0 spiro atoms. The molecular weight excluding hydrogens is 242 g/mol. The highest BCUT2D eigenvalue weighted by Crippen LogP contribution is 2.25. The van der Waals surface area contributed by atoms with Crippen molar-refractivity contribution in [1.82, 2.24) is 9.97 Å². The van der Waals surface area contributed by atoms with E-state index in [4.69, 9.17) is 5.73 Å².